The molecule has 1 saturated heterocycles. The first-order valence-corrected chi connectivity index (χ1v) is 6.55. The van der Waals surface area contributed by atoms with Gasteiger partial charge in [-0.3, -0.25) is 4.79 Å². The van der Waals surface area contributed by atoms with E-state index in [1.54, 1.807) is 6.26 Å². The molecule has 3 rings (SSSR count). The molecule has 1 N–H and O–H groups in total. The van der Waals surface area contributed by atoms with E-state index in [1.165, 1.54) is 0 Å². The Morgan fingerprint density at radius 1 is 1.42 bits per heavy atom. The zero-order valence-corrected chi connectivity index (χ0v) is 11.4. The van der Waals surface area contributed by atoms with Gasteiger partial charge < -0.3 is 14.3 Å². The van der Waals surface area contributed by atoms with Gasteiger partial charge in [0.15, 0.2) is 11.9 Å². The summed E-state index contributed by atoms with van der Waals surface area (Å²) < 4.78 is 11.1. The lowest BCUT2D eigenvalue weighted by Crippen LogP contribution is -2.24. The first-order valence-electron chi connectivity index (χ1n) is 6.55. The topological polar surface area (TPSA) is 63.0 Å². The Bertz CT molecular complexity index is 569. The molecule has 0 unspecified atom stereocenters. The number of aryl methyl sites for hydroxylation is 1. The Labute approximate surface area is 112 Å². The van der Waals surface area contributed by atoms with Crippen molar-refractivity contribution >= 4 is 5.78 Å². The molecule has 1 aromatic heterocycles. The van der Waals surface area contributed by atoms with Crippen LogP contribution in [-0.4, -0.2) is 28.7 Å². The van der Waals surface area contributed by atoms with E-state index in [1.807, 2.05) is 26.8 Å². The number of fused-ring (bicyclic) bond motifs is 2. The van der Waals surface area contributed by atoms with Crippen LogP contribution >= 0.6 is 0 Å². The fourth-order valence-electron chi connectivity index (χ4n) is 2.93. The average molecular weight is 262 g/mol. The summed E-state index contributed by atoms with van der Waals surface area (Å²) in [6.07, 6.45) is 3.40. The van der Waals surface area contributed by atoms with Gasteiger partial charge in [0.05, 0.1) is 17.9 Å². The second-order valence-corrected chi connectivity index (χ2v) is 5.85. The zero-order chi connectivity index (χ0) is 13.8. The summed E-state index contributed by atoms with van der Waals surface area (Å²) in [6.45, 7) is 5.68. The molecule has 1 fully saturated rings. The monoisotopic (exact) mass is 262 g/mol. The van der Waals surface area contributed by atoms with Crippen LogP contribution < -0.4 is 0 Å². The van der Waals surface area contributed by atoms with Crippen molar-refractivity contribution in [1.82, 2.24) is 0 Å². The predicted molar refractivity (Wildman–Crippen MR) is 69.1 cm³/mol. The Morgan fingerprint density at radius 2 is 2.16 bits per heavy atom. The summed E-state index contributed by atoms with van der Waals surface area (Å²) in [5, 5.41) is 10.0. The van der Waals surface area contributed by atoms with E-state index in [9.17, 15) is 9.90 Å². The summed E-state index contributed by atoms with van der Waals surface area (Å²) in [4.78, 5) is 12.5. The van der Waals surface area contributed by atoms with Crippen LogP contribution in [0.25, 0.3) is 0 Å². The normalized spacial score (nSPS) is 37.1. The van der Waals surface area contributed by atoms with E-state index in [-0.39, 0.29) is 5.78 Å². The SMILES string of the molecule is C/C1=C\[C@H](O)C[C@]2(C)O[C@H]2C(=O)c2c(C)coc2C1. The summed E-state index contributed by atoms with van der Waals surface area (Å²) in [5.41, 5.74) is 1.95. The van der Waals surface area contributed by atoms with E-state index < -0.39 is 17.8 Å². The molecule has 0 aromatic carbocycles. The highest BCUT2D eigenvalue weighted by Gasteiger charge is 2.58. The van der Waals surface area contributed by atoms with Crippen molar-refractivity contribution in [3.63, 3.8) is 0 Å². The molecule has 0 spiro atoms. The number of aliphatic hydroxyl groups excluding tert-OH is 1. The molecule has 0 amide bonds. The van der Waals surface area contributed by atoms with Crippen LogP contribution in [0.1, 0.15) is 41.9 Å². The van der Waals surface area contributed by atoms with Crippen molar-refractivity contribution < 1.29 is 19.1 Å². The lowest BCUT2D eigenvalue weighted by Gasteiger charge is -2.13. The Balaban J connectivity index is 2.07. The largest absolute Gasteiger partial charge is 0.468 e. The molecule has 0 radical (unpaired) electrons. The lowest BCUT2D eigenvalue weighted by molar-refractivity contribution is 0.0951. The summed E-state index contributed by atoms with van der Waals surface area (Å²) in [6, 6.07) is 0. The zero-order valence-electron chi connectivity index (χ0n) is 11.4. The highest BCUT2D eigenvalue weighted by Crippen LogP contribution is 2.44. The summed E-state index contributed by atoms with van der Waals surface area (Å²) in [7, 11) is 0. The predicted octanol–water partition coefficient (Wildman–Crippen LogP) is 2.18. The Kier molecular flexibility index (Phi) is 2.69. The average Bonchev–Trinajstić information content (AvgIpc) is 2.82. The summed E-state index contributed by atoms with van der Waals surface area (Å²) >= 11 is 0. The minimum atomic E-state index is -0.583. The molecule has 19 heavy (non-hydrogen) atoms. The van der Waals surface area contributed by atoms with Crippen LogP contribution in [-0.2, 0) is 11.2 Å². The van der Waals surface area contributed by atoms with Crippen LogP contribution in [0, 0.1) is 6.92 Å². The molecule has 1 aromatic rings. The number of hydrogen-bond donors (Lipinski definition) is 1. The molecular formula is C15H18O4. The number of Topliss-reactive ketones (excluding diaryl/α,β-unsaturated/α-hetero) is 1. The third-order valence-electron chi connectivity index (χ3n) is 3.95. The first-order chi connectivity index (χ1) is 8.90. The molecule has 2 heterocycles. The van der Waals surface area contributed by atoms with Crippen LogP contribution in [0.4, 0.5) is 0 Å². The molecule has 4 nitrogen and oxygen atoms in total. The Morgan fingerprint density at radius 3 is 2.89 bits per heavy atom. The van der Waals surface area contributed by atoms with Crippen LogP contribution in [0.5, 0.6) is 0 Å². The molecule has 0 bridgehead atoms. The third-order valence-corrected chi connectivity index (χ3v) is 3.95. The highest BCUT2D eigenvalue weighted by atomic mass is 16.6. The number of epoxide rings is 1. The number of aliphatic hydroxyl groups is 1. The van der Waals surface area contributed by atoms with Gasteiger partial charge in [-0.05, 0) is 26.3 Å². The van der Waals surface area contributed by atoms with E-state index in [0.717, 1.165) is 11.1 Å². The molecule has 2 aliphatic rings. The van der Waals surface area contributed by atoms with Gasteiger partial charge in [-0.1, -0.05) is 11.6 Å². The maximum Gasteiger partial charge on any atom is 0.198 e. The fourth-order valence-corrected chi connectivity index (χ4v) is 2.93. The van der Waals surface area contributed by atoms with Gasteiger partial charge in [0.2, 0.25) is 0 Å². The number of carbonyl (C=O) groups is 1. The van der Waals surface area contributed by atoms with E-state index in [0.29, 0.717) is 24.2 Å². The fraction of sp³-hybridized carbons (Fsp3) is 0.533. The molecule has 4 heteroatoms. The quantitative estimate of drug-likeness (QED) is 0.575. The minimum Gasteiger partial charge on any atom is -0.468 e. The molecule has 102 valence electrons. The minimum absolute atomic E-state index is 0.0225. The van der Waals surface area contributed by atoms with Gasteiger partial charge in [-0.2, -0.15) is 0 Å². The second-order valence-electron chi connectivity index (χ2n) is 5.85. The van der Waals surface area contributed by atoms with Crippen LogP contribution in [0.3, 0.4) is 0 Å². The number of furan rings is 1. The van der Waals surface area contributed by atoms with Crippen LogP contribution in [0.2, 0.25) is 0 Å². The van der Waals surface area contributed by atoms with Crippen molar-refractivity contribution in [2.75, 3.05) is 0 Å². The van der Waals surface area contributed by atoms with E-state index in [4.69, 9.17) is 9.15 Å². The standard InChI is InChI=1S/C15H18O4/c1-8-4-10(16)6-15(3)14(19-15)13(17)12-9(2)7-18-11(12)5-8/h4,7,10,14,16H,5-6H2,1-3H3/b8-4+/t10-,14-,15-/m0/s1. The van der Waals surface area contributed by atoms with Gasteiger partial charge >= 0.3 is 0 Å². The van der Waals surface area contributed by atoms with Crippen molar-refractivity contribution in [2.45, 2.75) is 51.4 Å². The highest BCUT2D eigenvalue weighted by molar-refractivity contribution is 6.04. The number of carbonyl (C=O) groups excluding carboxylic acids is 1. The first kappa shape index (κ1) is 12.6. The van der Waals surface area contributed by atoms with Gasteiger partial charge in [0.25, 0.3) is 0 Å². The van der Waals surface area contributed by atoms with E-state index in [2.05, 4.69) is 0 Å². The lowest BCUT2D eigenvalue weighted by atomic mass is 9.90. The van der Waals surface area contributed by atoms with Gasteiger partial charge in [0, 0.05) is 12.8 Å². The molecule has 1 aliphatic heterocycles. The maximum atomic E-state index is 12.5. The van der Waals surface area contributed by atoms with Crippen molar-refractivity contribution in [3.05, 3.63) is 34.8 Å². The smallest absolute Gasteiger partial charge is 0.198 e. The van der Waals surface area contributed by atoms with Crippen molar-refractivity contribution in [1.29, 1.82) is 0 Å². The third kappa shape index (κ3) is 2.05. The summed E-state index contributed by atoms with van der Waals surface area (Å²) in [5.74, 6) is 0.647. The Hall–Kier alpha value is -1.39. The number of allylic oxidation sites excluding steroid dienone is 1. The number of rotatable bonds is 0. The maximum absolute atomic E-state index is 12.5. The molecule has 0 saturated carbocycles. The number of ether oxygens (including phenoxy) is 1. The van der Waals surface area contributed by atoms with E-state index >= 15 is 0 Å². The van der Waals surface area contributed by atoms with Crippen molar-refractivity contribution in [2.24, 2.45) is 0 Å². The second kappa shape index (κ2) is 4.05. The number of hydrogen-bond acceptors (Lipinski definition) is 4. The van der Waals surface area contributed by atoms with Gasteiger partial charge in [-0.15, -0.1) is 0 Å². The molecule has 3 atom stereocenters. The van der Waals surface area contributed by atoms with Gasteiger partial charge in [0.1, 0.15) is 11.4 Å². The van der Waals surface area contributed by atoms with Crippen LogP contribution in [0.15, 0.2) is 22.3 Å². The van der Waals surface area contributed by atoms with Crippen molar-refractivity contribution in [3.8, 4) is 0 Å². The number of ketones is 1. The molecule has 1 aliphatic carbocycles. The molecular weight excluding hydrogens is 244 g/mol. The van der Waals surface area contributed by atoms with Gasteiger partial charge in [-0.25, -0.2) is 0 Å².